The summed E-state index contributed by atoms with van der Waals surface area (Å²) in [4.78, 5) is 15.9. The minimum absolute atomic E-state index is 0.140. The molecule has 0 radical (unpaired) electrons. The maximum atomic E-state index is 11.8. The van der Waals surface area contributed by atoms with Crippen molar-refractivity contribution < 1.29 is 9.53 Å². The number of ether oxygens (including phenoxy) is 1. The van der Waals surface area contributed by atoms with E-state index < -0.39 is 0 Å². The Kier molecular flexibility index (Phi) is 4.35. The van der Waals surface area contributed by atoms with E-state index in [0.717, 1.165) is 10.7 Å². The molecular formula is C13H15N3O2S. The fourth-order valence-electron chi connectivity index (χ4n) is 1.58. The highest BCUT2D eigenvalue weighted by molar-refractivity contribution is 7.13. The topological polar surface area (TPSA) is 63.2 Å². The van der Waals surface area contributed by atoms with E-state index in [-0.39, 0.29) is 12.5 Å². The number of methoxy groups -OCH3 is 1. The van der Waals surface area contributed by atoms with E-state index in [0.29, 0.717) is 11.4 Å². The lowest BCUT2D eigenvalue weighted by Gasteiger charge is -2.11. The Hall–Kier alpha value is -2.08. The van der Waals surface area contributed by atoms with Crippen molar-refractivity contribution in [1.82, 2.24) is 4.98 Å². The lowest BCUT2D eigenvalue weighted by atomic mass is 10.2. The standard InChI is InChI=1S/C13H15N3O2S/c1-9-3-4-11(18-2)10(7-9)16-12(17)8-15-13-14-5-6-19-13/h3-7H,8H2,1-2H3,(H,14,15)(H,16,17). The van der Waals surface area contributed by atoms with E-state index in [1.54, 1.807) is 13.3 Å². The Balaban J connectivity index is 1.96. The molecule has 6 heteroatoms. The van der Waals surface area contributed by atoms with Gasteiger partial charge in [0.15, 0.2) is 5.13 Å². The summed E-state index contributed by atoms with van der Waals surface area (Å²) in [5, 5.41) is 8.35. The van der Waals surface area contributed by atoms with Gasteiger partial charge in [0.25, 0.3) is 0 Å². The molecule has 5 nitrogen and oxygen atoms in total. The van der Waals surface area contributed by atoms with Crippen molar-refractivity contribution in [2.45, 2.75) is 6.92 Å². The minimum atomic E-state index is -0.140. The van der Waals surface area contributed by atoms with E-state index in [4.69, 9.17) is 4.74 Å². The second-order valence-corrected chi connectivity index (χ2v) is 4.84. The summed E-state index contributed by atoms with van der Waals surface area (Å²) in [6, 6.07) is 5.64. The van der Waals surface area contributed by atoms with Gasteiger partial charge in [-0.25, -0.2) is 4.98 Å². The maximum absolute atomic E-state index is 11.8. The third-order valence-corrected chi connectivity index (χ3v) is 3.19. The zero-order valence-electron chi connectivity index (χ0n) is 10.8. The number of nitrogens with one attached hydrogen (secondary N) is 2. The molecule has 0 saturated heterocycles. The molecule has 0 fully saturated rings. The number of aromatic nitrogens is 1. The van der Waals surface area contributed by atoms with Crippen molar-refractivity contribution >= 4 is 28.1 Å². The van der Waals surface area contributed by atoms with Crippen molar-refractivity contribution in [3.63, 3.8) is 0 Å². The summed E-state index contributed by atoms with van der Waals surface area (Å²) in [6.45, 7) is 2.13. The maximum Gasteiger partial charge on any atom is 0.243 e. The smallest absolute Gasteiger partial charge is 0.243 e. The van der Waals surface area contributed by atoms with Crippen molar-refractivity contribution in [3.8, 4) is 5.75 Å². The third-order valence-electron chi connectivity index (χ3n) is 2.46. The Labute approximate surface area is 115 Å². The van der Waals surface area contributed by atoms with Crippen LogP contribution in [0.1, 0.15) is 5.56 Å². The van der Waals surface area contributed by atoms with Crippen LogP contribution in [-0.2, 0) is 4.79 Å². The summed E-state index contributed by atoms with van der Waals surface area (Å²) < 4.78 is 5.21. The van der Waals surface area contributed by atoms with Crippen LogP contribution in [0.5, 0.6) is 5.75 Å². The Morgan fingerprint density at radius 3 is 3.00 bits per heavy atom. The average molecular weight is 277 g/mol. The fourth-order valence-corrected chi connectivity index (χ4v) is 2.11. The van der Waals surface area contributed by atoms with Crippen molar-refractivity contribution in [1.29, 1.82) is 0 Å². The number of aryl methyl sites for hydroxylation is 1. The van der Waals surface area contributed by atoms with E-state index >= 15 is 0 Å². The number of anilines is 2. The van der Waals surface area contributed by atoms with Gasteiger partial charge >= 0.3 is 0 Å². The molecular weight excluding hydrogens is 262 g/mol. The molecule has 0 aliphatic rings. The zero-order chi connectivity index (χ0) is 13.7. The first-order valence-electron chi connectivity index (χ1n) is 5.77. The SMILES string of the molecule is COc1ccc(C)cc1NC(=O)CNc1nccs1. The van der Waals surface area contributed by atoms with Gasteiger partial charge < -0.3 is 15.4 Å². The molecule has 0 atom stereocenters. The van der Waals surface area contributed by atoms with Crippen LogP contribution in [0.2, 0.25) is 0 Å². The van der Waals surface area contributed by atoms with Crippen LogP contribution >= 0.6 is 11.3 Å². The molecule has 19 heavy (non-hydrogen) atoms. The number of hydrogen-bond donors (Lipinski definition) is 2. The lowest BCUT2D eigenvalue weighted by molar-refractivity contribution is -0.114. The monoisotopic (exact) mass is 277 g/mol. The normalized spacial score (nSPS) is 10.0. The van der Waals surface area contributed by atoms with Gasteiger partial charge in [-0.3, -0.25) is 4.79 Å². The molecule has 2 rings (SSSR count). The van der Waals surface area contributed by atoms with Crippen LogP contribution in [0.25, 0.3) is 0 Å². The predicted molar refractivity (Wildman–Crippen MR) is 77.0 cm³/mol. The van der Waals surface area contributed by atoms with Gasteiger partial charge in [-0.05, 0) is 24.6 Å². The first-order chi connectivity index (χ1) is 9.19. The van der Waals surface area contributed by atoms with Gasteiger partial charge in [0.05, 0.1) is 19.3 Å². The van der Waals surface area contributed by atoms with Gasteiger partial charge in [0.2, 0.25) is 5.91 Å². The van der Waals surface area contributed by atoms with Crippen LogP contribution in [-0.4, -0.2) is 24.5 Å². The second-order valence-electron chi connectivity index (χ2n) is 3.94. The molecule has 2 aromatic rings. The molecule has 1 heterocycles. The van der Waals surface area contributed by atoms with E-state index in [9.17, 15) is 4.79 Å². The van der Waals surface area contributed by atoms with Gasteiger partial charge in [-0.2, -0.15) is 0 Å². The van der Waals surface area contributed by atoms with Crippen molar-refractivity contribution in [2.24, 2.45) is 0 Å². The molecule has 1 amide bonds. The molecule has 0 bridgehead atoms. The predicted octanol–water partition coefficient (Wildman–Crippen LogP) is 2.51. The summed E-state index contributed by atoms with van der Waals surface area (Å²) in [7, 11) is 1.58. The highest BCUT2D eigenvalue weighted by Gasteiger charge is 2.08. The van der Waals surface area contributed by atoms with E-state index in [1.165, 1.54) is 11.3 Å². The Morgan fingerprint density at radius 2 is 2.32 bits per heavy atom. The number of carbonyl (C=O) groups excluding carboxylic acids is 1. The fraction of sp³-hybridized carbons (Fsp3) is 0.231. The van der Waals surface area contributed by atoms with Gasteiger partial charge in [0.1, 0.15) is 5.75 Å². The number of benzene rings is 1. The van der Waals surface area contributed by atoms with Crippen LogP contribution in [0.3, 0.4) is 0 Å². The summed E-state index contributed by atoms with van der Waals surface area (Å²) in [6.07, 6.45) is 1.69. The summed E-state index contributed by atoms with van der Waals surface area (Å²) in [5.41, 5.74) is 1.73. The van der Waals surface area contributed by atoms with Crippen LogP contribution in [0, 0.1) is 6.92 Å². The molecule has 0 aliphatic carbocycles. The Bertz CT molecular complexity index is 555. The molecule has 0 spiro atoms. The summed E-state index contributed by atoms with van der Waals surface area (Å²) in [5.74, 6) is 0.507. The zero-order valence-corrected chi connectivity index (χ0v) is 11.6. The summed E-state index contributed by atoms with van der Waals surface area (Å²) >= 11 is 1.45. The largest absolute Gasteiger partial charge is 0.495 e. The lowest BCUT2D eigenvalue weighted by Crippen LogP contribution is -2.22. The van der Waals surface area contributed by atoms with Crippen LogP contribution in [0.15, 0.2) is 29.8 Å². The quantitative estimate of drug-likeness (QED) is 0.881. The molecule has 2 N–H and O–H groups in total. The average Bonchev–Trinajstić information content (AvgIpc) is 2.90. The molecule has 100 valence electrons. The van der Waals surface area contributed by atoms with Gasteiger partial charge in [0, 0.05) is 11.6 Å². The highest BCUT2D eigenvalue weighted by Crippen LogP contribution is 2.25. The molecule has 0 saturated carbocycles. The molecule has 1 aromatic heterocycles. The van der Waals surface area contributed by atoms with Crippen molar-refractivity contribution in [2.75, 3.05) is 24.3 Å². The first kappa shape index (κ1) is 13.4. The number of amides is 1. The van der Waals surface area contributed by atoms with Crippen molar-refractivity contribution in [3.05, 3.63) is 35.3 Å². The number of thiazole rings is 1. The second kappa shape index (κ2) is 6.19. The minimum Gasteiger partial charge on any atom is -0.495 e. The Morgan fingerprint density at radius 1 is 1.47 bits per heavy atom. The first-order valence-corrected chi connectivity index (χ1v) is 6.65. The molecule has 0 aliphatic heterocycles. The number of carbonyl (C=O) groups is 1. The van der Waals surface area contributed by atoms with Gasteiger partial charge in [-0.1, -0.05) is 6.07 Å². The number of nitrogens with zero attached hydrogens (tertiary/aromatic N) is 1. The molecule has 1 aromatic carbocycles. The van der Waals surface area contributed by atoms with Crippen LogP contribution < -0.4 is 15.4 Å². The van der Waals surface area contributed by atoms with Gasteiger partial charge in [-0.15, -0.1) is 11.3 Å². The van der Waals surface area contributed by atoms with E-state index in [1.807, 2.05) is 30.5 Å². The highest BCUT2D eigenvalue weighted by atomic mass is 32.1. The number of rotatable bonds is 5. The van der Waals surface area contributed by atoms with E-state index in [2.05, 4.69) is 15.6 Å². The third kappa shape index (κ3) is 3.69. The number of hydrogen-bond acceptors (Lipinski definition) is 5. The van der Waals surface area contributed by atoms with Crippen LogP contribution in [0.4, 0.5) is 10.8 Å². The molecule has 0 unspecified atom stereocenters.